The summed E-state index contributed by atoms with van der Waals surface area (Å²) in [6, 6.07) is 19.0. The molecule has 27 heavy (non-hydrogen) atoms. The van der Waals surface area contributed by atoms with Crippen LogP contribution in [0.25, 0.3) is 33.4 Å². The van der Waals surface area contributed by atoms with Crippen molar-refractivity contribution in [3.8, 4) is 22.4 Å². The number of nitrogen functional groups attached to an aromatic ring is 1. The normalized spacial score (nSPS) is 11.0. The van der Waals surface area contributed by atoms with Crippen molar-refractivity contribution in [2.24, 2.45) is 14.1 Å². The molecule has 2 aromatic carbocycles. The minimum absolute atomic E-state index is 0.315. The van der Waals surface area contributed by atoms with Crippen LogP contribution < -0.4 is 17.0 Å². The number of fused-ring (bicyclic) bond motifs is 1. The van der Waals surface area contributed by atoms with Crippen molar-refractivity contribution in [3.63, 3.8) is 0 Å². The Labute approximate surface area is 155 Å². The molecule has 6 nitrogen and oxygen atoms in total. The number of hydrogen-bond acceptors (Lipinski definition) is 4. The summed E-state index contributed by atoms with van der Waals surface area (Å²) >= 11 is 0. The molecule has 4 aromatic rings. The maximum atomic E-state index is 12.9. The average Bonchev–Trinajstić information content (AvgIpc) is 2.71. The fourth-order valence-electron chi connectivity index (χ4n) is 3.32. The SMILES string of the molecule is Cn1c(=O)c2c(-c3ccccc3)c(N)c(-c3ccccc3)nc2n(C)c1=O. The summed E-state index contributed by atoms with van der Waals surface area (Å²) in [5, 5.41) is 0.336. The number of nitrogens with two attached hydrogens (primary N) is 1. The number of aromatic nitrogens is 3. The molecule has 2 heterocycles. The van der Waals surface area contributed by atoms with Gasteiger partial charge in [-0.15, -0.1) is 0 Å². The second-order valence-corrected chi connectivity index (χ2v) is 6.39. The van der Waals surface area contributed by atoms with Gasteiger partial charge in [0.25, 0.3) is 5.56 Å². The highest BCUT2D eigenvalue weighted by atomic mass is 16.2. The van der Waals surface area contributed by atoms with Crippen molar-refractivity contribution in [1.82, 2.24) is 14.1 Å². The first kappa shape index (κ1) is 16.8. The van der Waals surface area contributed by atoms with E-state index in [1.807, 2.05) is 60.7 Å². The van der Waals surface area contributed by atoms with E-state index >= 15 is 0 Å². The lowest BCUT2D eigenvalue weighted by Crippen LogP contribution is -2.37. The summed E-state index contributed by atoms with van der Waals surface area (Å²) in [7, 11) is 3.07. The third-order valence-corrected chi connectivity index (χ3v) is 4.74. The van der Waals surface area contributed by atoms with E-state index in [2.05, 4.69) is 4.98 Å². The Morgan fingerprint density at radius 1 is 0.815 bits per heavy atom. The van der Waals surface area contributed by atoms with Crippen LogP contribution in [0.1, 0.15) is 0 Å². The highest BCUT2D eigenvalue weighted by Gasteiger charge is 2.21. The molecule has 0 aliphatic rings. The number of hydrogen-bond donors (Lipinski definition) is 1. The van der Waals surface area contributed by atoms with Gasteiger partial charge in [0.15, 0.2) is 5.65 Å². The van der Waals surface area contributed by atoms with Crippen LogP contribution in [0.4, 0.5) is 5.69 Å². The molecule has 0 bridgehead atoms. The Morgan fingerprint density at radius 2 is 1.37 bits per heavy atom. The van der Waals surface area contributed by atoms with Crippen LogP contribution >= 0.6 is 0 Å². The number of benzene rings is 2. The lowest BCUT2D eigenvalue weighted by Gasteiger charge is -2.16. The van der Waals surface area contributed by atoms with E-state index < -0.39 is 11.2 Å². The van der Waals surface area contributed by atoms with Crippen molar-refractivity contribution >= 4 is 16.7 Å². The Bertz CT molecular complexity index is 1270. The molecular formula is C21H18N4O2. The predicted octanol–water partition coefficient (Wildman–Crippen LogP) is 2.55. The van der Waals surface area contributed by atoms with Gasteiger partial charge in [-0.05, 0) is 5.56 Å². The molecule has 0 amide bonds. The maximum Gasteiger partial charge on any atom is 0.332 e. The number of aryl methyl sites for hydroxylation is 1. The first-order valence-corrected chi connectivity index (χ1v) is 8.50. The largest absolute Gasteiger partial charge is 0.396 e. The molecule has 6 heteroatoms. The fourth-order valence-corrected chi connectivity index (χ4v) is 3.32. The minimum Gasteiger partial charge on any atom is -0.396 e. The van der Waals surface area contributed by atoms with Gasteiger partial charge < -0.3 is 5.73 Å². The zero-order valence-electron chi connectivity index (χ0n) is 15.0. The first-order valence-electron chi connectivity index (χ1n) is 8.50. The van der Waals surface area contributed by atoms with Gasteiger partial charge in [0.05, 0.1) is 16.8 Å². The van der Waals surface area contributed by atoms with Gasteiger partial charge in [-0.25, -0.2) is 9.78 Å². The summed E-state index contributed by atoms with van der Waals surface area (Å²) < 4.78 is 2.47. The van der Waals surface area contributed by atoms with Crippen LogP contribution in [0, 0.1) is 0 Å². The monoisotopic (exact) mass is 358 g/mol. The van der Waals surface area contributed by atoms with Crippen molar-refractivity contribution in [3.05, 3.63) is 81.5 Å². The number of nitrogens with zero attached hydrogens (tertiary/aromatic N) is 3. The van der Waals surface area contributed by atoms with Crippen LogP contribution in [0.2, 0.25) is 0 Å². The van der Waals surface area contributed by atoms with Crippen molar-refractivity contribution in [1.29, 1.82) is 0 Å². The zero-order valence-corrected chi connectivity index (χ0v) is 15.0. The van der Waals surface area contributed by atoms with E-state index in [4.69, 9.17) is 5.73 Å². The highest BCUT2D eigenvalue weighted by molar-refractivity contribution is 6.03. The average molecular weight is 358 g/mol. The molecule has 134 valence electrons. The third kappa shape index (κ3) is 2.54. The molecule has 2 aromatic heterocycles. The molecule has 0 aliphatic heterocycles. The molecule has 4 rings (SSSR count). The Balaban J connectivity index is 2.27. The molecule has 0 radical (unpaired) electrons. The van der Waals surface area contributed by atoms with Gasteiger partial charge in [-0.1, -0.05) is 60.7 Å². The van der Waals surface area contributed by atoms with Gasteiger partial charge in [-0.3, -0.25) is 13.9 Å². The summed E-state index contributed by atoms with van der Waals surface area (Å²) in [4.78, 5) is 30.0. The molecule has 2 N–H and O–H groups in total. The second-order valence-electron chi connectivity index (χ2n) is 6.39. The van der Waals surface area contributed by atoms with E-state index in [0.717, 1.165) is 15.7 Å². The molecule has 0 unspecified atom stereocenters. The first-order chi connectivity index (χ1) is 13.0. The molecule has 0 spiro atoms. The highest BCUT2D eigenvalue weighted by Crippen LogP contribution is 2.37. The molecule has 0 atom stereocenters. The molecule has 0 saturated carbocycles. The van der Waals surface area contributed by atoms with Gasteiger partial charge >= 0.3 is 5.69 Å². The third-order valence-electron chi connectivity index (χ3n) is 4.74. The van der Waals surface area contributed by atoms with E-state index in [9.17, 15) is 9.59 Å². The zero-order chi connectivity index (χ0) is 19.1. The van der Waals surface area contributed by atoms with E-state index in [1.54, 1.807) is 7.05 Å². The maximum absolute atomic E-state index is 12.9. The molecule has 0 fully saturated rings. The van der Waals surface area contributed by atoms with Gasteiger partial charge in [0, 0.05) is 25.2 Å². The topological polar surface area (TPSA) is 82.9 Å². The Kier molecular flexibility index (Phi) is 3.88. The quantitative estimate of drug-likeness (QED) is 0.597. The molecule has 0 aliphatic carbocycles. The number of rotatable bonds is 2. The summed E-state index contributed by atoms with van der Waals surface area (Å²) in [6.07, 6.45) is 0. The second kappa shape index (κ2) is 6.25. The Morgan fingerprint density at radius 3 is 1.96 bits per heavy atom. The van der Waals surface area contributed by atoms with Crippen LogP contribution in [-0.2, 0) is 14.1 Å². The van der Waals surface area contributed by atoms with Crippen LogP contribution in [0.3, 0.4) is 0 Å². The standard InChI is InChI=1S/C21H18N4O2/c1-24-19-16(20(26)25(2)21(24)27)15(13-9-5-3-6-10-13)17(22)18(23-19)14-11-7-4-8-12-14/h3-12H,22H2,1-2H3. The lowest BCUT2D eigenvalue weighted by atomic mass is 9.97. The summed E-state index contributed by atoms with van der Waals surface area (Å²) in [5.41, 5.74) is 9.17. The number of pyridine rings is 1. The molecule has 0 saturated heterocycles. The smallest absolute Gasteiger partial charge is 0.332 e. The van der Waals surface area contributed by atoms with Gasteiger partial charge in [-0.2, -0.15) is 0 Å². The van der Waals surface area contributed by atoms with E-state index in [-0.39, 0.29) is 0 Å². The summed E-state index contributed by atoms with van der Waals surface area (Å²) in [5.74, 6) is 0. The fraction of sp³-hybridized carbons (Fsp3) is 0.0952. The molecular weight excluding hydrogens is 340 g/mol. The summed E-state index contributed by atoms with van der Waals surface area (Å²) in [6.45, 7) is 0. The van der Waals surface area contributed by atoms with Crippen molar-refractivity contribution in [2.45, 2.75) is 0 Å². The number of anilines is 1. The van der Waals surface area contributed by atoms with Crippen molar-refractivity contribution in [2.75, 3.05) is 5.73 Å². The predicted molar refractivity (Wildman–Crippen MR) is 108 cm³/mol. The van der Waals surface area contributed by atoms with Crippen LogP contribution in [0.5, 0.6) is 0 Å². The van der Waals surface area contributed by atoms with E-state index in [0.29, 0.717) is 28.0 Å². The van der Waals surface area contributed by atoms with Crippen LogP contribution in [-0.4, -0.2) is 14.1 Å². The minimum atomic E-state index is -0.428. The van der Waals surface area contributed by atoms with Crippen LogP contribution in [0.15, 0.2) is 70.3 Å². The Hall–Kier alpha value is -3.67. The van der Waals surface area contributed by atoms with E-state index in [1.165, 1.54) is 11.6 Å². The van der Waals surface area contributed by atoms with Gasteiger partial charge in [0.1, 0.15) is 0 Å². The van der Waals surface area contributed by atoms with Gasteiger partial charge in [0.2, 0.25) is 0 Å². The lowest BCUT2D eigenvalue weighted by molar-refractivity contribution is 0.708. The van der Waals surface area contributed by atoms with Crippen molar-refractivity contribution < 1.29 is 0 Å².